The lowest BCUT2D eigenvalue weighted by Crippen LogP contribution is -2.66. The van der Waals surface area contributed by atoms with Crippen molar-refractivity contribution < 1.29 is 0 Å². The zero-order valence-corrected chi connectivity index (χ0v) is 13.0. The van der Waals surface area contributed by atoms with Crippen LogP contribution >= 0.6 is 0 Å². The van der Waals surface area contributed by atoms with Gasteiger partial charge in [0, 0.05) is 37.3 Å². The van der Waals surface area contributed by atoms with E-state index in [1.165, 1.54) is 11.1 Å². The van der Waals surface area contributed by atoms with Crippen molar-refractivity contribution in [3.05, 3.63) is 35.4 Å². The molecule has 0 bridgehead atoms. The summed E-state index contributed by atoms with van der Waals surface area (Å²) < 4.78 is 0. The molecule has 110 valence electrons. The summed E-state index contributed by atoms with van der Waals surface area (Å²) in [6, 6.07) is 8.85. The minimum Gasteiger partial charge on any atom is -0.329 e. The number of fused-ring (bicyclic) bond motifs is 1. The predicted octanol–water partition coefficient (Wildman–Crippen LogP) is 1.51. The molecule has 1 aromatic carbocycles. The fourth-order valence-corrected chi connectivity index (χ4v) is 3.82. The summed E-state index contributed by atoms with van der Waals surface area (Å²) in [4.78, 5) is 5.13. The van der Waals surface area contributed by atoms with Crippen molar-refractivity contribution in [3.63, 3.8) is 0 Å². The Morgan fingerprint density at radius 1 is 1.10 bits per heavy atom. The van der Waals surface area contributed by atoms with Crippen LogP contribution in [0.3, 0.4) is 0 Å². The van der Waals surface area contributed by atoms with Gasteiger partial charge >= 0.3 is 0 Å². The molecule has 3 heteroatoms. The summed E-state index contributed by atoms with van der Waals surface area (Å²) in [5, 5.41) is 0. The molecule has 0 atom stereocenters. The van der Waals surface area contributed by atoms with E-state index in [1.54, 1.807) is 0 Å². The molecule has 3 rings (SSSR count). The highest BCUT2D eigenvalue weighted by molar-refractivity contribution is 5.37. The van der Waals surface area contributed by atoms with Crippen molar-refractivity contribution in [2.75, 3.05) is 33.2 Å². The SMILES string of the molecule is CN1CCN(C2(CN)Cc3ccccc3C2)CC1(C)C. The molecule has 1 aromatic rings. The summed E-state index contributed by atoms with van der Waals surface area (Å²) in [6.45, 7) is 8.79. The second kappa shape index (κ2) is 4.83. The first kappa shape index (κ1) is 14.1. The first-order valence-electron chi connectivity index (χ1n) is 7.70. The second-order valence-corrected chi connectivity index (χ2v) is 7.21. The van der Waals surface area contributed by atoms with Gasteiger partial charge in [0.1, 0.15) is 0 Å². The smallest absolute Gasteiger partial charge is 0.0413 e. The molecule has 1 saturated heterocycles. The van der Waals surface area contributed by atoms with E-state index in [1.807, 2.05) is 0 Å². The summed E-state index contributed by atoms with van der Waals surface area (Å²) in [5.41, 5.74) is 9.61. The van der Waals surface area contributed by atoms with Crippen molar-refractivity contribution in [1.82, 2.24) is 9.80 Å². The van der Waals surface area contributed by atoms with Gasteiger partial charge in [-0.25, -0.2) is 0 Å². The number of hydrogen-bond donors (Lipinski definition) is 1. The highest BCUT2D eigenvalue weighted by atomic mass is 15.3. The number of benzene rings is 1. The predicted molar refractivity (Wildman–Crippen MR) is 83.9 cm³/mol. The molecule has 0 amide bonds. The van der Waals surface area contributed by atoms with Crippen molar-refractivity contribution in [3.8, 4) is 0 Å². The van der Waals surface area contributed by atoms with E-state index < -0.39 is 0 Å². The maximum Gasteiger partial charge on any atom is 0.0413 e. The molecular formula is C17H27N3. The Bertz CT molecular complexity index is 470. The third-order valence-electron chi connectivity index (χ3n) is 5.52. The van der Waals surface area contributed by atoms with Gasteiger partial charge < -0.3 is 5.73 Å². The van der Waals surface area contributed by atoms with Crippen LogP contribution in [0.2, 0.25) is 0 Å². The zero-order chi connectivity index (χ0) is 14.4. The van der Waals surface area contributed by atoms with E-state index in [2.05, 4.69) is 55.0 Å². The van der Waals surface area contributed by atoms with E-state index in [4.69, 9.17) is 5.73 Å². The van der Waals surface area contributed by atoms with Crippen LogP contribution in [0.5, 0.6) is 0 Å². The third kappa shape index (κ3) is 2.18. The molecule has 0 radical (unpaired) electrons. The molecule has 1 fully saturated rings. The molecule has 3 nitrogen and oxygen atoms in total. The standard InChI is InChI=1S/C17H27N3/c1-16(2)13-20(9-8-19(16)3)17(12-18)10-14-6-4-5-7-15(14)11-17/h4-7H,8-13,18H2,1-3H3. The number of hydrogen-bond acceptors (Lipinski definition) is 3. The van der Waals surface area contributed by atoms with Crippen LogP contribution in [0.1, 0.15) is 25.0 Å². The molecular weight excluding hydrogens is 246 g/mol. The summed E-state index contributed by atoms with van der Waals surface area (Å²) >= 11 is 0. The Morgan fingerprint density at radius 2 is 1.70 bits per heavy atom. The van der Waals surface area contributed by atoms with Gasteiger partial charge in [-0.15, -0.1) is 0 Å². The van der Waals surface area contributed by atoms with Crippen LogP contribution in [-0.2, 0) is 12.8 Å². The van der Waals surface area contributed by atoms with Gasteiger partial charge in [-0.3, -0.25) is 9.80 Å². The minimum atomic E-state index is 0.141. The summed E-state index contributed by atoms with van der Waals surface area (Å²) in [5.74, 6) is 0. The van der Waals surface area contributed by atoms with Gasteiger partial charge in [0.05, 0.1) is 0 Å². The lowest BCUT2D eigenvalue weighted by molar-refractivity contribution is -0.0185. The Kier molecular flexibility index (Phi) is 3.39. The van der Waals surface area contributed by atoms with E-state index in [9.17, 15) is 0 Å². The molecule has 1 heterocycles. The molecule has 2 aliphatic rings. The highest BCUT2D eigenvalue weighted by Gasteiger charge is 2.45. The Labute approximate surface area is 122 Å². The topological polar surface area (TPSA) is 32.5 Å². The maximum absolute atomic E-state index is 6.25. The highest BCUT2D eigenvalue weighted by Crippen LogP contribution is 2.36. The van der Waals surface area contributed by atoms with Gasteiger partial charge in [-0.1, -0.05) is 24.3 Å². The molecule has 0 saturated carbocycles. The molecule has 1 aliphatic heterocycles. The van der Waals surface area contributed by atoms with E-state index >= 15 is 0 Å². The van der Waals surface area contributed by atoms with Crippen molar-refractivity contribution in [2.24, 2.45) is 5.73 Å². The second-order valence-electron chi connectivity index (χ2n) is 7.21. The molecule has 20 heavy (non-hydrogen) atoms. The van der Waals surface area contributed by atoms with E-state index in [0.717, 1.165) is 39.0 Å². The number of nitrogens with zero attached hydrogens (tertiary/aromatic N) is 2. The first-order valence-corrected chi connectivity index (χ1v) is 7.70. The monoisotopic (exact) mass is 273 g/mol. The average molecular weight is 273 g/mol. The number of piperazine rings is 1. The normalized spacial score (nSPS) is 25.6. The maximum atomic E-state index is 6.25. The molecule has 0 unspecified atom stereocenters. The summed E-state index contributed by atoms with van der Waals surface area (Å²) in [6.07, 6.45) is 2.22. The average Bonchev–Trinajstić information content (AvgIpc) is 2.81. The van der Waals surface area contributed by atoms with Crippen LogP contribution in [-0.4, -0.2) is 54.1 Å². The van der Waals surface area contributed by atoms with Crippen molar-refractivity contribution in [2.45, 2.75) is 37.8 Å². The van der Waals surface area contributed by atoms with Gasteiger partial charge in [0.2, 0.25) is 0 Å². The largest absolute Gasteiger partial charge is 0.329 e. The van der Waals surface area contributed by atoms with Gasteiger partial charge in [0.25, 0.3) is 0 Å². The fourth-order valence-electron chi connectivity index (χ4n) is 3.82. The third-order valence-corrected chi connectivity index (χ3v) is 5.52. The van der Waals surface area contributed by atoms with Gasteiger partial charge in [0.15, 0.2) is 0 Å². The number of nitrogens with two attached hydrogens (primary N) is 1. The van der Waals surface area contributed by atoms with Crippen LogP contribution in [0.25, 0.3) is 0 Å². The van der Waals surface area contributed by atoms with Gasteiger partial charge in [-0.05, 0) is 44.9 Å². The lowest BCUT2D eigenvalue weighted by atomic mass is 9.88. The molecule has 2 N–H and O–H groups in total. The molecule has 0 spiro atoms. The number of likely N-dealkylation sites (N-methyl/N-ethyl adjacent to an activating group) is 1. The number of rotatable bonds is 2. The molecule has 0 aromatic heterocycles. The van der Waals surface area contributed by atoms with Crippen LogP contribution in [0.15, 0.2) is 24.3 Å². The zero-order valence-electron chi connectivity index (χ0n) is 13.0. The van der Waals surface area contributed by atoms with E-state index in [0.29, 0.717) is 0 Å². The molecule has 1 aliphatic carbocycles. The fraction of sp³-hybridized carbons (Fsp3) is 0.647. The Hall–Kier alpha value is -0.900. The minimum absolute atomic E-state index is 0.141. The first-order chi connectivity index (χ1) is 9.47. The quantitative estimate of drug-likeness (QED) is 0.886. The Morgan fingerprint density at radius 3 is 2.20 bits per heavy atom. The van der Waals surface area contributed by atoms with Crippen LogP contribution in [0.4, 0.5) is 0 Å². The van der Waals surface area contributed by atoms with Crippen LogP contribution in [0, 0.1) is 0 Å². The van der Waals surface area contributed by atoms with Gasteiger partial charge in [-0.2, -0.15) is 0 Å². The van der Waals surface area contributed by atoms with E-state index in [-0.39, 0.29) is 11.1 Å². The van der Waals surface area contributed by atoms with Crippen molar-refractivity contribution in [1.29, 1.82) is 0 Å². The summed E-state index contributed by atoms with van der Waals surface area (Å²) in [7, 11) is 2.23. The Balaban J connectivity index is 1.85. The van der Waals surface area contributed by atoms with Crippen molar-refractivity contribution >= 4 is 0 Å². The lowest BCUT2D eigenvalue weighted by Gasteiger charge is -2.52. The van der Waals surface area contributed by atoms with Crippen LogP contribution < -0.4 is 5.73 Å².